The highest BCUT2D eigenvalue weighted by molar-refractivity contribution is 5.95. The van der Waals surface area contributed by atoms with Crippen molar-refractivity contribution in [3.05, 3.63) is 59.4 Å². The Bertz CT molecular complexity index is 945. The van der Waals surface area contributed by atoms with E-state index in [1.165, 1.54) is 12.1 Å². The molecule has 6 rings (SSSR count). The van der Waals surface area contributed by atoms with Crippen LogP contribution in [-0.4, -0.2) is 55.8 Å². The van der Waals surface area contributed by atoms with E-state index in [0.717, 1.165) is 38.0 Å². The van der Waals surface area contributed by atoms with Crippen LogP contribution in [0.2, 0.25) is 0 Å². The van der Waals surface area contributed by atoms with E-state index < -0.39 is 0 Å². The summed E-state index contributed by atoms with van der Waals surface area (Å²) in [5, 5.41) is 3.21. The molecule has 4 heterocycles. The van der Waals surface area contributed by atoms with Crippen molar-refractivity contribution in [2.24, 2.45) is 5.92 Å². The van der Waals surface area contributed by atoms with Crippen LogP contribution in [0.3, 0.4) is 0 Å². The van der Waals surface area contributed by atoms with Crippen LogP contribution in [0.15, 0.2) is 42.5 Å². The zero-order chi connectivity index (χ0) is 21.2. The van der Waals surface area contributed by atoms with Crippen molar-refractivity contribution in [3.8, 4) is 11.5 Å². The van der Waals surface area contributed by atoms with Gasteiger partial charge in [-0.2, -0.15) is 0 Å². The molecule has 0 spiro atoms. The van der Waals surface area contributed by atoms with Crippen molar-refractivity contribution in [3.63, 3.8) is 0 Å². The Balaban J connectivity index is 1.17. The van der Waals surface area contributed by atoms with Gasteiger partial charge < -0.3 is 24.4 Å². The van der Waals surface area contributed by atoms with Gasteiger partial charge in [0.05, 0.1) is 13.2 Å². The molecule has 1 N–H and O–H groups in total. The molecule has 4 aliphatic rings. The Labute approximate surface area is 181 Å². The maximum atomic E-state index is 13.3. The first kappa shape index (κ1) is 20.3. The monoisotopic (exact) mass is 426 g/mol. The SMILES string of the molecule is O=C(N[C@H]1CN2CCC1CC2)c1ccc2c(c1)O[C@H](COCc1cccc(F)c1)CO2. The molecule has 7 heteroatoms. The van der Waals surface area contributed by atoms with Crippen LogP contribution in [0.4, 0.5) is 4.39 Å². The number of ether oxygens (including phenoxy) is 3. The normalized spacial score (nSPS) is 26.5. The number of nitrogens with zero attached hydrogens (tertiary/aromatic N) is 1. The summed E-state index contributed by atoms with van der Waals surface area (Å²) in [5.74, 6) is 1.39. The number of nitrogens with one attached hydrogen (secondary N) is 1. The molecule has 2 aromatic rings. The predicted molar refractivity (Wildman–Crippen MR) is 113 cm³/mol. The summed E-state index contributed by atoms with van der Waals surface area (Å²) < 4.78 is 30.7. The van der Waals surface area contributed by atoms with Gasteiger partial charge in [-0.25, -0.2) is 4.39 Å². The van der Waals surface area contributed by atoms with E-state index in [2.05, 4.69) is 10.2 Å². The Morgan fingerprint density at radius 2 is 2.03 bits per heavy atom. The fourth-order valence-electron chi connectivity index (χ4n) is 4.65. The third-order valence-corrected chi connectivity index (χ3v) is 6.36. The van der Waals surface area contributed by atoms with Crippen LogP contribution < -0.4 is 14.8 Å². The minimum Gasteiger partial charge on any atom is -0.486 e. The summed E-state index contributed by atoms with van der Waals surface area (Å²) in [6, 6.07) is 11.8. The largest absolute Gasteiger partial charge is 0.486 e. The lowest BCUT2D eigenvalue weighted by Gasteiger charge is -2.44. The smallest absolute Gasteiger partial charge is 0.251 e. The lowest BCUT2D eigenvalue weighted by molar-refractivity contribution is 0.00261. The average Bonchev–Trinajstić information content (AvgIpc) is 2.79. The molecule has 3 saturated heterocycles. The van der Waals surface area contributed by atoms with Gasteiger partial charge in [0.2, 0.25) is 0 Å². The van der Waals surface area contributed by atoms with Gasteiger partial charge in [0.25, 0.3) is 5.91 Å². The van der Waals surface area contributed by atoms with E-state index in [9.17, 15) is 9.18 Å². The summed E-state index contributed by atoms with van der Waals surface area (Å²) >= 11 is 0. The fraction of sp³-hybridized carbons (Fsp3) is 0.458. The molecule has 2 atom stereocenters. The highest BCUT2D eigenvalue weighted by atomic mass is 19.1. The predicted octanol–water partition coefficient (Wildman–Crippen LogP) is 3.01. The standard InChI is InChI=1S/C24H27FN2O4/c25-19-3-1-2-16(10-19)13-29-14-20-15-30-22-5-4-18(11-23(22)31-20)24(28)26-21-12-27-8-6-17(21)7-9-27/h1-5,10-11,17,20-21H,6-9,12-15H2,(H,26,28)/t20-,21+/m1/s1. The van der Waals surface area contributed by atoms with Crippen molar-refractivity contribution in [1.82, 2.24) is 10.2 Å². The van der Waals surface area contributed by atoms with Crippen LogP contribution in [0.5, 0.6) is 11.5 Å². The minimum absolute atomic E-state index is 0.0744. The molecule has 2 bridgehead atoms. The second-order valence-electron chi connectivity index (χ2n) is 8.58. The van der Waals surface area contributed by atoms with E-state index in [1.54, 1.807) is 24.3 Å². The molecule has 2 aromatic carbocycles. The summed E-state index contributed by atoms with van der Waals surface area (Å²) in [6.45, 7) is 4.19. The molecule has 4 aliphatic heterocycles. The van der Waals surface area contributed by atoms with Crippen LogP contribution in [-0.2, 0) is 11.3 Å². The number of benzene rings is 2. The quantitative estimate of drug-likeness (QED) is 0.770. The highest BCUT2D eigenvalue weighted by Gasteiger charge is 2.35. The molecule has 6 nitrogen and oxygen atoms in total. The molecular formula is C24H27FN2O4. The first-order valence-electron chi connectivity index (χ1n) is 10.9. The third-order valence-electron chi connectivity index (χ3n) is 6.36. The van der Waals surface area contributed by atoms with Gasteiger partial charge in [-0.05, 0) is 67.7 Å². The molecule has 0 aromatic heterocycles. The van der Waals surface area contributed by atoms with Crippen LogP contribution in [0, 0.1) is 11.7 Å². The molecule has 31 heavy (non-hydrogen) atoms. The number of rotatable bonds is 6. The van der Waals surface area contributed by atoms with Crippen molar-refractivity contribution >= 4 is 5.91 Å². The molecule has 0 radical (unpaired) electrons. The second kappa shape index (κ2) is 8.85. The van der Waals surface area contributed by atoms with Gasteiger partial charge >= 0.3 is 0 Å². The number of piperidine rings is 3. The first-order chi connectivity index (χ1) is 15.1. The van der Waals surface area contributed by atoms with Crippen molar-refractivity contribution in [2.45, 2.75) is 31.6 Å². The van der Waals surface area contributed by atoms with Crippen molar-refractivity contribution in [1.29, 1.82) is 0 Å². The van der Waals surface area contributed by atoms with E-state index in [0.29, 0.717) is 42.8 Å². The molecular weight excluding hydrogens is 399 g/mol. The molecule has 3 fully saturated rings. The van der Waals surface area contributed by atoms with Crippen molar-refractivity contribution in [2.75, 3.05) is 32.8 Å². The Hall–Kier alpha value is -2.64. The number of carbonyl (C=O) groups excluding carboxylic acids is 1. The molecule has 1 amide bonds. The Morgan fingerprint density at radius 3 is 2.81 bits per heavy atom. The lowest BCUT2D eigenvalue weighted by atomic mass is 9.84. The topological polar surface area (TPSA) is 60.0 Å². The number of hydrogen-bond acceptors (Lipinski definition) is 5. The summed E-state index contributed by atoms with van der Waals surface area (Å²) in [4.78, 5) is 15.3. The Morgan fingerprint density at radius 1 is 1.16 bits per heavy atom. The zero-order valence-corrected chi connectivity index (χ0v) is 17.4. The number of amides is 1. The number of fused-ring (bicyclic) bond motifs is 4. The van der Waals surface area contributed by atoms with E-state index in [4.69, 9.17) is 14.2 Å². The molecule has 0 unspecified atom stereocenters. The van der Waals surface area contributed by atoms with Crippen molar-refractivity contribution < 1.29 is 23.4 Å². The van der Waals surface area contributed by atoms with Gasteiger partial charge in [0, 0.05) is 18.2 Å². The van der Waals surface area contributed by atoms with Gasteiger partial charge in [-0.15, -0.1) is 0 Å². The number of carbonyl (C=O) groups is 1. The maximum absolute atomic E-state index is 13.3. The van der Waals surface area contributed by atoms with Gasteiger partial charge in [0.15, 0.2) is 17.6 Å². The molecule has 0 aliphatic carbocycles. The van der Waals surface area contributed by atoms with Crippen LogP contribution >= 0.6 is 0 Å². The summed E-state index contributed by atoms with van der Waals surface area (Å²) in [7, 11) is 0. The van der Waals surface area contributed by atoms with Gasteiger partial charge in [-0.1, -0.05) is 12.1 Å². The summed E-state index contributed by atoms with van der Waals surface area (Å²) in [5.41, 5.74) is 1.34. The first-order valence-corrected chi connectivity index (χ1v) is 10.9. The van der Waals surface area contributed by atoms with Gasteiger partial charge in [0.1, 0.15) is 12.4 Å². The Kier molecular flexibility index (Phi) is 5.78. The maximum Gasteiger partial charge on any atom is 0.251 e. The summed E-state index contributed by atoms with van der Waals surface area (Å²) in [6.07, 6.45) is 2.02. The average molecular weight is 426 g/mol. The molecule has 164 valence electrons. The van der Waals surface area contributed by atoms with E-state index >= 15 is 0 Å². The number of halogens is 1. The van der Waals surface area contributed by atoms with E-state index in [1.807, 2.05) is 6.07 Å². The van der Waals surface area contributed by atoms with Gasteiger partial charge in [-0.3, -0.25) is 4.79 Å². The fourth-order valence-corrected chi connectivity index (χ4v) is 4.65. The highest BCUT2D eigenvalue weighted by Crippen LogP contribution is 2.33. The van der Waals surface area contributed by atoms with E-state index in [-0.39, 0.29) is 23.9 Å². The van der Waals surface area contributed by atoms with Crippen LogP contribution in [0.1, 0.15) is 28.8 Å². The number of hydrogen-bond donors (Lipinski definition) is 1. The lowest BCUT2D eigenvalue weighted by Crippen LogP contribution is -2.57. The second-order valence-corrected chi connectivity index (χ2v) is 8.58. The molecule has 0 saturated carbocycles. The third kappa shape index (κ3) is 4.67. The minimum atomic E-state index is -0.291. The zero-order valence-electron chi connectivity index (χ0n) is 17.4. The van der Waals surface area contributed by atoms with Crippen LogP contribution in [0.25, 0.3) is 0 Å².